The second-order valence-electron chi connectivity index (χ2n) is 4.40. The van der Waals surface area contributed by atoms with Gasteiger partial charge in [-0.05, 0) is 25.0 Å². The molecule has 16 heavy (non-hydrogen) atoms. The molecule has 2 rings (SSSR count). The minimum absolute atomic E-state index is 0.133. The third-order valence-corrected chi connectivity index (χ3v) is 3.13. The van der Waals surface area contributed by atoms with Gasteiger partial charge in [-0.1, -0.05) is 17.7 Å². The maximum absolute atomic E-state index is 10.9. The van der Waals surface area contributed by atoms with E-state index in [2.05, 4.69) is 11.4 Å². The van der Waals surface area contributed by atoms with Crippen LogP contribution >= 0.6 is 0 Å². The summed E-state index contributed by atoms with van der Waals surface area (Å²) in [6.45, 7) is 4.63. The van der Waals surface area contributed by atoms with E-state index < -0.39 is 12.0 Å². The molecular weight excluding hydrogens is 204 g/mol. The van der Waals surface area contributed by atoms with E-state index >= 15 is 0 Å². The summed E-state index contributed by atoms with van der Waals surface area (Å²) < 4.78 is 0. The third-order valence-electron chi connectivity index (χ3n) is 3.13. The Morgan fingerprint density at radius 1 is 1.56 bits per heavy atom. The Labute approximate surface area is 94.5 Å². The molecular formula is C12H16N2O2. The fourth-order valence-electron chi connectivity index (χ4n) is 2.35. The van der Waals surface area contributed by atoms with Gasteiger partial charge >= 0.3 is 5.97 Å². The Morgan fingerprint density at radius 2 is 2.25 bits per heavy atom. The van der Waals surface area contributed by atoms with E-state index in [1.165, 1.54) is 0 Å². The quantitative estimate of drug-likeness (QED) is 0.700. The normalized spacial score (nSPS) is 20.1. The van der Waals surface area contributed by atoms with Gasteiger partial charge in [0, 0.05) is 18.2 Å². The van der Waals surface area contributed by atoms with E-state index in [9.17, 15) is 4.79 Å². The minimum Gasteiger partial charge on any atom is -0.480 e. The van der Waals surface area contributed by atoms with Crippen LogP contribution in [0.5, 0.6) is 0 Å². The van der Waals surface area contributed by atoms with Gasteiger partial charge in [-0.2, -0.15) is 0 Å². The van der Waals surface area contributed by atoms with Crippen LogP contribution in [0.3, 0.4) is 0 Å². The van der Waals surface area contributed by atoms with Crippen molar-refractivity contribution >= 4 is 11.7 Å². The molecule has 1 aliphatic rings. The summed E-state index contributed by atoms with van der Waals surface area (Å²) in [6.07, 6.45) is 0. The lowest BCUT2D eigenvalue weighted by molar-refractivity contribution is -0.138. The number of hydrogen-bond acceptors (Lipinski definition) is 3. The van der Waals surface area contributed by atoms with Crippen molar-refractivity contribution in [2.24, 2.45) is 5.73 Å². The molecule has 0 fully saturated rings. The summed E-state index contributed by atoms with van der Waals surface area (Å²) >= 11 is 0. The number of hydrogen-bond donors (Lipinski definition) is 3. The van der Waals surface area contributed by atoms with Crippen LogP contribution in [-0.4, -0.2) is 23.7 Å². The molecule has 1 aromatic carbocycles. The first kappa shape index (κ1) is 11.0. The summed E-state index contributed by atoms with van der Waals surface area (Å²) in [7, 11) is 0. The van der Waals surface area contributed by atoms with Crippen molar-refractivity contribution in [2.75, 3.05) is 11.9 Å². The molecule has 1 aromatic rings. The van der Waals surface area contributed by atoms with Crippen molar-refractivity contribution in [3.05, 3.63) is 28.8 Å². The van der Waals surface area contributed by atoms with Gasteiger partial charge in [0.05, 0.1) is 0 Å². The number of fused-ring (bicyclic) bond motifs is 1. The van der Waals surface area contributed by atoms with E-state index in [4.69, 9.17) is 10.8 Å². The molecule has 4 N–H and O–H groups in total. The Hall–Kier alpha value is -1.55. The maximum Gasteiger partial charge on any atom is 0.321 e. The van der Waals surface area contributed by atoms with E-state index in [0.717, 1.165) is 22.4 Å². The van der Waals surface area contributed by atoms with Crippen molar-refractivity contribution in [3.8, 4) is 0 Å². The lowest BCUT2D eigenvalue weighted by atomic mass is 9.91. The zero-order valence-electron chi connectivity index (χ0n) is 9.45. The van der Waals surface area contributed by atoms with Crippen LogP contribution in [0.4, 0.5) is 5.69 Å². The maximum atomic E-state index is 10.9. The molecule has 2 unspecified atom stereocenters. The predicted octanol–water partition coefficient (Wildman–Crippen LogP) is 1.22. The number of carbonyl (C=O) groups is 1. The van der Waals surface area contributed by atoms with Gasteiger partial charge in [-0.3, -0.25) is 4.79 Å². The van der Waals surface area contributed by atoms with E-state index in [0.29, 0.717) is 6.54 Å². The second kappa shape index (κ2) is 3.79. The van der Waals surface area contributed by atoms with Gasteiger partial charge in [0.2, 0.25) is 0 Å². The Morgan fingerprint density at radius 3 is 2.88 bits per heavy atom. The summed E-state index contributed by atoms with van der Waals surface area (Å²) in [6, 6.07) is 3.27. The zero-order chi connectivity index (χ0) is 11.9. The summed E-state index contributed by atoms with van der Waals surface area (Å²) in [4.78, 5) is 10.9. The third kappa shape index (κ3) is 1.65. The smallest absolute Gasteiger partial charge is 0.321 e. The van der Waals surface area contributed by atoms with Crippen LogP contribution in [0.2, 0.25) is 0 Å². The number of carboxylic acids is 1. The summed E-state index contributed by atoms with van der Waals surface area (Å²) in [5.74, 6) is -1.08. The molecule has 0 spiro atoms. The number of rotatable bonds is 2. The highest BCUT2D eigenvalue weighted by Gasteiger charge is 2.32. The Kier molecular flexibility index (Phi) is 2.59. The van der Waals surface area contributed by atoms with Crippen molar-refractivity contribution < 1.29 is 9.90 Å². The minimum atomic E-state index is -0.946. The number of carboxylic acid groups (broad SMARTS) is 1. The molecule has 1 aliphatic heterocycles. The molecule has 86 valence electrons. The highest BCUT2D eigenvalue weighted by atomic mass is 16.4. The molecule has 0 radical (unpaired) electrons. The zero-order valence-corrected chi connectivity index (χ0v) is 9.45. The number of aliphatic carboxylic acids is 1. The highest BCUT2D eigenvalue weighted by Crippen LogP contribution is 2.36. The molecule has 0 aliphatic carbocycles. The lowest BCUT2D eigenvalue weighted by Gasteiger charge is -2.15. The molecule has 4 nitrogen and oxygen atoms in total. The number of anilines is 1. The van der Waals surface area contributed by atoms with Crippen molar-refractivity contribution in [1.82, 2.24) is 0 Å². The van der Waals surface area contributed by atoms with Crippen LogP contribution in [0.25, 0.3) is 0 Å². The van der Waals surface area contributed by atoms with Crippen LogP contribution in [-0.2, 0) is 4.79 Å². The molecule has 0 amide bonds. The van der Waals surface area contributed by atoms with Gasteiger partial charge < -0.3 is 16.2 Å². The first-order chi connectivity index (χ1) is 7.50. The monoisotopic (exact) mass is 220 g/mol. The molecule has 0 saturated carbocycles. The average molecular weight is 220 g/mol. The Balaban J connectivity index is 2.43. The first-order valence-corrected chi connectivity index (χ1v) is 5.34. The number of nitrogens with two attached hydrogens (primary N) is 1. The number of benzene rings is 1. The highest BCUT2D eigenvalue weighted by molar-refractivity contribution is 5.77. The van der Waals surface area contributed by atoms with Crippen LogP contribution in [0, 0.1) is 13.8 Å². The molecule has 4 heteroatoms. The van der Waals surface area contributed by atoms with Crippen molar-refractivity contribution in [3.63, 3.8) is 0 Å². The first-order valence-electron chi connectivity index (χ1n) is 5.34. The van der Waals surface area contributed by atoms with E-state index in [1.54, 1.807) is 0 Å². The van der Waals surface area contributed by atoms with Gasteiger partial charge in [0.15, 0.2) is 0 Å². The van der Waals surface area contributed by atoms with Gasteiger partial charge in [-0.25, -0.2) is 0 Å². The topological polar surface area (TPSA) is 75.4 Å². The molecule has 0 saturated heterocycles. The Bertz CT molecular complexity index is 443. The van der Waals surface area contributed by atoms with Gasteiger partial charge in [0.25, 0.3) is 0 Å². The summed E-state index contributed by atoms with van der Waals surface area (Å²) in [5.41, 5.74) is 10.1. The molecule has 2 atom stereocenters. The predicted molar refractivity (Wildman–Crippen MR) is 62.8 cm³/mol. The lowest BCUT2D eigenvalue weighted by Crippen LogP contribution is -2.37. The second-order valence-corrected chi connectivity index (χ2v) is 4.40. The fraction of sp³-hybridized carbons (Fsp3) is 0.417. The average Bonchev–Trinajstić information content (AvgIpc) is 2.60. The molecule has 0 aromatic heterocycles. The standard InChI is InChI=1S/C12H16N2O2/c1-6-3-7(2)11-8(4-6)9(5-14-11)10(13)12(15)16/h3-4,9-10,14H,5,13H2,1-2H3,(H,15,16). The number of aryl methyl sites for hydroxylation is 2. The van der Waals surface area contributed by atoms with Crippen LogP contribution in [0.1, 0.15) is 22.6 Å². The number of nitrogens with one attached hydrogen (secondary N) is 1. The summed E-state index contributed by atoms with van der Waals surface area (Å²) in [5, 5.41) is 12.2. The SMILES string of the molecule is Cc1cc(C)c2c(c1)C(C(N)C(=O)O)CN2. The van der Waals surface area contributed by atoms with Crippen LogP contribution < -0.4 is 11.1 Å². The van der Waals surface area contributed by atoms with Gasteiger partial charge in [0.1, 0.15) is 6.04 Å². The van der Waals surface area contributed by atoms with E-state index in [-0.39, 0.29) is 5.92 Å². The van der Waals surface area contributed by atoms with Crippen LogP contribution in [0.15, 0.2) is 12.1 Å². The van der Waals surface area contributed by atoms with Crippen molar-refractivity contribution in [2.45, 2.75) is 25.8 Å². The van der Waals surface area contributed by atoms with Gasteiger partial charge in [-0.15, -0.1) is 0 Å². The largest absolute Gasteiger partial charge is 0.480 e. The fourth-order valence-corrected chi connectivity index (χ4v) is 2.35. The van der Waals surface area contributed by atoms with Crippen molar-refractivity contribution in [1.29, 1.82) is 0 Å². The van der Waals surface area contributed by atoms with E-state index in [1.807, 2.05) is 19.9 Å². The molecule has 1 heterocycles. The molecule has 0 bridgehead atoms.